The van der Waals surface area contributed by atoms with Crippen molar-refractivity contribution in [1.29, 1.82) is 0 Å². The van der Waals surface area contributed by atoms with Gasteiger partial charge in [0.25, 0.3) is 0 Å². The fraction of sp³-hybridized carbons (Fsp3) is 0.455. The van der Waals surface area contributed by atoms with Crippen LogP contribution in [-0.2, 0) is 11.0 Å². The van der Waals surface area contributed by atoms with Gasteiger partial charge in [-0.1, -0.05) is 17.7 Å². The van der Waals surface area contributed by atoms with Crippen LogP contribution in [0.3, 0.4) is 0 Å². The van der Waals surface area contributed by atoms with E-state index in [0.717, 1.165) is 11.4 Å². The van der Waals surface area contributed by atoms with E-state index in [1.165, 1.54) is 5.56 Å². The number of likely N-dealkylation sites (N-methyl/N-ethyl adjacent to an activating group) is 1. The molecular formula is C11H18N2OS. The van der Waals surface area contributed by atoms with Crippen LogP contribution in [0.5, 0.6) is 0 Å². The van der Waals surface area contributed by atoms with Crippen molar-refractivity contribution < 1.29 is 4.21 Å². The number of benzene rings is 1. The molecule has 1 aromatic carbocycles. The SMILES string of the molecule is CNCC(C)NS(=O)c1ccc(C)cc1. The molecule has 1 aromatic rings. The first-order chi connectivity index (χ1) is 7.13. The van der Waals surface area contributed by atoms with Gasteiger partial charge in [-0.2, -0.15) is 0 Å². The van der Waals surface area contributed by atoms with E-state index in [1.54, 1.807) is 0 Å². The second kappa shape index (κ2) is 6.00. The van der Waals surface area contributed by atoms with Gasteiger partial charge < -0.3 is 5.32 Å². The lowest BCUT2D eigenvalue weighted by atomic mass is 10.2. The summed E-state index contributed by atoms with van der Waals surface area (Å²) in [5.74, 6) is 0. The van der Waals surface area contributed by atoms with E-state index in [9.17, 15) is 4.21 Å². The van der Waals surface area contributed by atoms with Crippen molar-refractivity contribution in [1.82, 2.24) is 10.0 Å². The van der Waals surface area contributed by atoms with Crippen LogP contribution in [0.15, 0.2) is 29.2 Å². The summed E-state index contributed by atoms with van der Waals surface area (Å²) in [6.07, 6.45) is 0. The maximum Gasteiger partial charge on any atom is 0.125 e. The molecule has 0 heterocycles. The van der Waals surface area contributed by atoms with E-state index in [4.69, 9.17) is 0 Å². The number of hydrogen-bond donors (Lipinski definition) is 2. The Labute approximate surface area is 93.9 Å². The molecule has 2 unspecified atom stereocenters. The molecule has 0 spiro atoms. The maximum absolute atomic E-state index is 11.8. The minimum absolute atomic E-state index is 0.192. The van der Waals surface area contributed by atoms with Gasteiger partial charge in [0.05, 0.1) is 4.90 Å². The van der Waals surface area contributed by atoms with Crippen molar-refractivity contribution in [3.8, 4) is 0 Å². The number of rotatable bonds is 5. The second-order valence-electron chi connectivity index (χ2n) is 3.66. The van der Waals surface area contributed by atoms with Crippen molar-refractivity contribution in [3.05, 3.63) is 29.8 Å². The van der Waals surface area contributed by atoms with Gasteiger partial charge in [-0.25, -0.2) is 8.93 Å². The quantitative estimate of drug-likeness (QED) is 0.792. The molecule has 4 heteroatoms. The van der Waals surface area contributed by atoms with Crippen LogP contribution in [0.25, 0.3) is 0 Å². The summed E-state index contributed by atoms with van der Waals surface area (Å²) in [6.45, 7) is 4.82. The monoisotopic (exact) mass is 226 g/mol. The van der Waals surface area contributed by atoms with Crippen LogP contribution in [0.4, 0.5) is 0 Å². The molecule has 0 aliphatic carbocycles. The Hall–Kier alpha value is -0.710. The molecule has 0 radical (unpaired) electrons. The molecule has 3 nitrogen and oxygen atoms in total. The number of nitrogens with one attached hydrogen (secondary N) is 2. The second-order valence-corrected chi connectivity index (χ2v) is 4.90. The summed E-state index contributed by atoms with van der Waals surface area (Å²) in [5, 5.41) is 3.04. The summed E-state index contributed by atoms with van der Waals surface area (Å²) < 4.78 is 14.8. The predicted molar refractivity (Wildman–Crippen MR) is 64.1 cm³/mol. The highest BCUT2D eigenvalue weighted by molar-refractivity contribution is 7.83. The van der Waals surface area contributed by atoms with Crippen LogP contribution >= 0.6 is 0 Å². The maximum atomic E-state index is 11.8. The first kappa shape index (κ1) is 12.4. The highest BCUT2D eigenvalue weighted by Crippen LogP contribution is 2.06. The Morgan fingerprint density at radius 3 is 2.47 bits per heavy atom. The zero-order valence-corrected chi connectivity index (χ0v) is 10.2. The lowest BCUT2D eigenvalue weighted by Gasteiger charge is -2.12. The molecular weight excluding hydrogens is 208 g/mol. The highest BCUT2D eigenvalue weighted by Gasteiger charge is 2.07. The zero-order valence-electron chi connectivity index (χ0n) is 9.41. The predicted octanol–water partition coefficient (Wildman–Crippen LogP) is 1.22. The van der Waals surface area contributed by atoms with E-state index >= 15 is 0 Å². The molecule has 2 N–H and O–H groups in total. The molecule has 1 rings (SSSR count). The fourth-order valence-electron chi connectivity index (χ4n) is 1.26. The molecule has 0 saturated carbocycles. The Kier molecular flexibility index (Phi) is 4.94. The van der Waals surface area contributed by atoms with Gasteiger partial charge >= 0.3 is 0 Å². The molecule has 0 fully saturated rings. The third-order valence-electron chi connectivity index (χ3n) is 2.05. The lowest BCUT2D eigenvalue weighted by molar-refractivity contribution is 0.605. The summed E-state index contributed by atoms with van der Waals surface area (Å²) in [4.78, 5) is 0.823. The van der Waals surface area contributed by atoms with Gasteiger partial charge in [0.15, 0.2) is 0 Å². The van der Waals surface area contributed by atoms with Crippen molar-refractivity contribution >= 4 is 11.0 Å². The average Bonchev–Trinajstić information content (AvgIpc) is 2.18. The average molecular weight is 226 g/mol. The van der Waals surface area contributed by atoms with Crippen molar-refractivity contribution in [3.63, 3.8) is 0 Å². The minimum Gasteiger partial charge on any atom is -0.318 e. The van der Waals surface area contributed by atoms with Crippen molar-refractivity contribution in [2.45, 2.75) is 24.8 Å². The molecule has 2 atom stereocenters. The van der Waals surface area contributed by atoms with E-state index in [2.05, 4.69) is 10.0 Å². The fourth-order valence-corrected chi connectivity index (χ4v) is 2.23. The molecule has 15 heavy (non-hydrogen) atoms. The Bertz CT molecular complexity index is 324. The topological polar surface area (TPSA) is 41.1 Å². The van der Waals surface area contributed by atoms with Crippen LogP contribution in [-0.4, -0.2) is 23.8 Å². The highest BCUT2D eigenvalue weighted by atomic mass is 32.2. The molecule has 0 aliphatic rings. The van der Waals surface area contributed by atoms with Gasteiger partial charge in [-0.05, 0) is 33.0 Å². The van der Waals surface area contributed by atoms with Crippen molar-refractivity contribution in [2.75, 3.05) is 13.6 Å². The molecule has 0 aromatic heterocycles. The Morgan fingerprint density at radius 1 is 1.33 bits per heavy atom. The van der Waals surface area contributed by atoms with Crippen molar-refractivity contribution in [2.24, 2.45) is 0 Å². The molecule has 84 valence electrons. The van der Waals surface area contributed by atoms with Gasteiger partial charge in [-0.15, -0.1) is 0 Å². The minimum atomic E-state index is -1.11. The normalized spacial score (nSPS) is 14.9. The van der Waals surface area contributed by atoms with Gasteiger partial charge in [0.1, 0.15) is 11.0 Å². The Balaban J connectivity index is 2.57. The van der Waals surface area contributed by atoms with E-state index < -0.39 is 11.0 Å². The first-order valence-electron chi connectivity index (χ1n) is 5.02. The van der Waals surface area contributed by atoms with Crippen LogP contribution in [0.2, 0.25) is 0 Å². The molecule has 0 aliphatic heterocycles. The standard InChI is InChI=1S/C11H18N2OS/c1-9-4-6-11(7-5-9)15(14)13-10(2)8-12-3/h4-7,10,12-13H,8H2,1-3H3. The smallest absolute Gasteiger partial charge is 0.125 e. The van der Waals surface area contributed by atoms with Gasteiger partial charge in [0, 0.05) is 12.6 Å². The van der Waals surface area contributed by atoms with Crippen LogP contribution in [0.1, 0.15) is 12.5 Å². The summed E-state index contributed by atoms with van der Waals surface area (Å²) in [6, 6.07) is 7.92. The summed E-state index contributed by atoms with van der Waals surface area (Å²) >= 11 is 0. The van der Waals surface area contributed by atoms with E-state index in [0.29, 0.717) is 0 Å². The third kappa shape index (κ3) is 4.11. The molecule has 0 amide bonds. The molecule has 0 bridgehead atoms. The largest absolute Gasteiger partial charge is 0.318 e. The van der Waals surface area contributed by atoms with Crippen LogP contribution < -0.4 is 10.0 Å². The first-order valence-corrected chi connectivity index (χ1v) is 6.17. The lowest BCUT2D eigenvalue weighted by Crippen LogP contribution is -2.35. The van der Waals surface area contributed by atoms with Crippen LogP contribution in [0, 0.1) is 6.92 Å². The summed E-state index contributed by atoms with van der Waals surface area (Å²) in [7, 11) is 0.769. The summed E-state index contributed by atoms with van der Waals surface area (Å²) in [5.41, 5.74) is 1.18. The third-order valence-corrected chi connectivity index (χ3v) is 3.37. The molecule has 0 saturated heterocycles. The zero-order chi connectivity index (χ0) is 11.3. The Morgan fingerprint density at radius 2 is 1.93 bits per heavy atom. The van der Waals surface area contributed by atoms with Gasteiger partial charge in [-0.3, -0.25) is 0 Å². The number of hydrogen-bond acceptors (Lipinski definition) is 2. The van der Waals surface area contributed by atoms with E-state index in [1.807, 2.05) is 45.2 Å². The van der Waals surface area contributed by atoms with Gasteiger partial charge in [0.2, 0.25) is 0 Å². The number of aryl methyl sites for hydroxylation is 1. The van der Waals surface area contributed by atoms with E-state index in [-0.39, 0.29) is 6.04 Å².